The highest BCUT2D eigenvalue weighted by Crippen LogP contribution is 2.30. The molecule has 1 unspecified atom stereocenters. The molecule has 0 aliphatic carbocycles. The van der Waals surface area contributed by atoms with Crippen molar-refractivity contribution in [2.45, 2.75) is 32.4 Å². The number of nitrogens with zero attached hydrogens (tertiary/aromatic N) is 6. The Hall–Kier alpha value is -3.17. The van der Waals surface area contributed by atoms with E-state index in [1.807, 2.05) is 18.0 Å². The molecule has 0 amide bonds. The van der Waals surface area contributed by atoms with Crippen molar-refractivity contribution in [2.24, 2.45) is 0 Å². The molecule has 1 atom stereocenters. The van der Waals surface area contributed by atoms with Crippen LogP contribution in [0.25, 0.3) is 11.0 Å². The van der Waals surface area contributed by atoms with Crippen molar-refractivity contribution in [3.05, 3.63) is 60.5 Å². The average molecular weight is 375 g/mol. The van der Waals surface area contributed by atoms with Crippen molar-refractivity contribution in [1.29, 1.82) is 0 Å². The van der Waals surface area contributed by atoms with Crippen molar-refractivity contribution in [3.8, 4) is 0 Å². The molecule has 0 saturated carbocycles. The van der Waals surface area contributed by atoms with E-state index in [9.17, 15) is 13.2 Å². The van der Waals surface area contributed by atoms with Gasteiger partial charge in [0.25, 0.3) is 0 Å². The molecule has 0 fully saturated rings. The van der Waals surface area contributed by atoms with Gasteiger partial charge in [0.2, 0.25) is 0 Å². The van der Waals surface area contributed by atoms with E-state index >= 15 is 0 Å². The van der Waals surface area contributed by atoms with E-state index < -0.39 is 11.9 Å². The van der Waals surface area contributed by atoms with Gasteiger partial charge in [0.05, 0.1) is 18.3 Å². The number of hydrogen-bond acceptors (Lipinski definition) is 6. The number of nitrogens with one attached hydrogen (secondary N) is 1. The Balaban J connectivity index is 1.68. The van der Waals surface area contributed by atoms with Crippen LogP contribution in [0.3, 0.4) is 0 Å². The number of hydrogen-bond donors (Lipinski definition) is 1. The lowest BCUT2D eigenvalue weighted by molar-refractivity contribution is -0.141. The van der Waals surface area contributed by atoms with Crippen LogP contribution in [0.1, 0.15) is 30.4 Å². The number of fused-ring (bicyclic) bond motifs is 1. The van der Waals surface area contributed by atoms with Gasteiger partial charge < -0.3 is 14.8 Å². The number of imidazole rings is 1. The predicted octanol–water partition coefficient (Wildman–Crippen LogP) is 2.84. The Bertz CT molecular complexity index is 981. The van der Waals surface area contributed by atoms with Gasteiger partial charge in [-0.25, -0.2) is 19.9 Å². The summed E-state index contributed by atoms with van der Waals surface area (Å²) < 4.78 is 40.7. The Morgan fingerprint density at radius 1 is 1.19 bits per heavy atom. The number of rotatable bonds is 4. The Labute approximate surface area is 152 Å². The van der Waals surface area contributed by atoms with Gasteiger partial charge in [-0.1, -0.05) is 0 Å². The Kier molecular flexibility index (Phi) is 4.17. The summed E-state index contributed by atoms with van der Waals surface area (Å²) in [5.41, 5.74) is -0.0728. The van der Waals surface area contributed by atoms with Crippen LogP contribution in [0.4, 0.5) is 13.2 Å². The third-order valence-corrected chi connectivity index (χ3v) is 4.33. The first-order valence-corrected chi connectivity index (χ1v) is 8.35. The molecule has 1 aliphatic rings. The molecule has 3 aromatic heterocycles. The smallest absolute Gasteiger partial charge is 0.364 e. The highest BCUT2D eigenvalue weighted by atomic mass is 19.4. The molecule has 4 rings (SSSR count). The number of aryl methyl sites for hydroxylation is 1. The van der Waals surface area contributed by atoms with Crippen LogP contribution in [0.5, 0.6) is 0 Å². The molecule has 10 heteroatoms. The number of alkyl halides is 3. The van der Waals surface area contributed by atoms with Gasteiger partial charge >= 0.3 is 6.18 Å². The molecular formula is C17H16F3N7. The number of pyridine rings is 1. The van der Waals surface area contributed by atoms with Crippen LogP contribution in [0, 0.1) is 0 Å². The maximum Gasteiger partial charge on any atom is 0.433 e. The van der Waals surface area contributed by atoms with Crippen molar-refractivity contribution in [1.82, 2.24) is 34.7 Å². The summed E-state index contributed by atoms with van der Waals surface area (Å²) in [6.07, 6.45) is 3.36. The largest absolute Gasteiger partial charge is 0.433 e. The van der Waals surface area contributed by atoms with Gasteiger partial charge in [-0.15, -0.1) is 0 Å². The first-order valence-electron chi connectivity index (χ1n) is 8.35. The first kappa shape index (κ1) is 17.3. The molecule has 0 spiro atoms. The van der Waals surface area contributed by atoms with E-state index in [1.165, 1.54) is 6.20 Å². The second kappa shape index (κ2) is 6.53. The maximum atomic E-state index is 13.0. The summed E-state index contributed by atoms with van der Waals surface area (Å²) in [5.74, 6) is 1.24. The first-order chi connectivity index (χ1) is 13.0. The molecule has 1 aliphatic heterocycles. The zero-order chi connectivity index (χ0) is 19.0. The zero-order valence-electron chi connectivity index (χ0n) is 14.4. The molecule has 140 valence electrons. The highest BCUT2D eigenvalue weighted by Gasteiger charge is 2.33. The van der Waals surface area contributed by atoms with Crippen molar-refractivity contribution in [3.63, 3.8) is 0 Å². The van der Waals surface area contributed by atoms with Gasteiger partial charge in [0.15, 0.2) is 12.0 Å². The van der Waals surface area contributed by atoms with Gasteiger partial charge in [-0.2, -0.15) is 13.2 Å². The monoisotopic (exact) mass is 375 g/mol. The van der Waals surface area contributed by atoms with Crippen molar-refractivity contribution < 1.29 is 13.2 Å². The van der Waals surface area contributed by atoms with Crippen molar-refractivity contribution in [2.75, 3.05) is 0 Å². The summed E-state index contributed by atoms with van der Waals surface area (Å²) in [4.78, 5) is 18.5. The molecule has 0 saturated heterocycles. The van der Waals surface area contributed by atoms with Crippen LogP contribution < -0.4 is 5.32 Å². The molecule has 0 aromatic carbocycles. The molecule has 27 heavy (non-hydrogen) atoms. The summed E-state index contributed by atoms with van der Waals surface area (Å²) in [6, 6.07) is 2.78. The van der Waals surface area contributed by atoms with Gasteiger partial charge in [-0.05, 0) is 19.1 Å². The second-order valence-electron chi connectivity index (χ2n) is 5.99. The van der Waals surface area contributed by atoms with E-state index in [4.69, 9.17) is 0 Å². The predicted molar refractivity (Wildman–Crippen MR) is 90.8 cm³/mol. The van der Waals surface area contributed by atoms with Crippen LogP contribution in [0.2, 0.25) is 0 Å². The van der Waals surface area contributed by atoms with Gasteiger partial charge in [-0.3, -0.25) is 0 Å². The molecule has 1 N–H and O–H groups in total. The lowest BCUT2D eigenvalue weighted by Gasteiger charge is -2.24. The van der Waals surface area contributed by atoms with Gasteiger partial charge in [0, 0.05) is 31.3 Å². The molecule has 3 aromatic rings. The molecule has 0 bridgehead atoms. The van der Waals surface area contributed by atoms with Gasteiger partial charge in [0.1, 0.15) is 17.0 Å². The summed E-state index contributed by atoms with van der Waals surface area (Å²) >= 11 is 0. The second-order valence-corrected chi connectivity index (χ2v) is 5.99. The number of halogens is 3. The lowest BCUT2D eigenvalue weighted by atomic mass is 10.3. The van der Waals surface area contributed by atoms with E-state index in [1.54, 1.807) is 29.2 Å². The summed E-state index contributed by atoms with van der Waals surface area (Å²) in [5, 5.41) is 3.17. The van der Waals surface area contributed by atoms with Crippen LogP contribution >= 0.6 is 0 Å². The minimum absolute atomic E-state index is 0.264. The van der Waals surface area contributed by atoms with E-state index in [2.05, 4.69) is 25.3 Å². The average Bonchev–Trinajstić information content (AvgIpc) is 3.25. The fourth-order valence-electron chi connectivity index (χ4n) is 3.10. The fourth-order valence-corrected chi connectivity index (χ4v) is 3.10. The topological polar surface area (TPSA) is 71.8 Å². The quantitative estimate of drug-likeness (QED) is 0.756. The Morgan fingerprint density at radius 2 is 1.96 bits per heavy atom. The van der Waals surface area contributed by atoms with E-state index in [0.717, 1.165) is 6.07 Å². The van der Waals surface area contributed by atoms with Crippen LogP contribution in [-0.4, -0.2) is 29.4 Å². The number of aromatic nitrogens is 5. The molecular weight excluding hydrogens is 359 g/mol. The fraction of sp³-hybridized carbons (Fsp3) is 0.294. The van der Waals surface area contributed by atoms with Crippen LogP contribution in [0.15, 0.2) is 43.1 Å². The third-order valence-electron chi connectivity index (χ3n) is 4.33. The molecule has 7 nitrogen and oxygen atoms in total. The zero-order valence-corrected chi connectivity index (χ0v) is 14.4. The van der Waals surface area contributed by atoms with E-state index in [-0.39, 0.29) is 6.17 Å². The van der Waals surface area contributed by atoms with Crippen molar-refractivity contribution >= 4 is 11.0 Å². The minimum Gasteiger partial charge on any atom is -0.364 e. The Morgan fingerprint density at radius 3 is 2.67 bits per heavy atom. The standard InChI is InChI=1S/C17H16F3N7/c1-2-27-12-8-13(17(18,19)20)24-9-11(12)25-14(27)10-26-7-6-23-16(26)15-21-4-3-5-22-15/h3-9,16,23H,2,10H2,1H3. The molecule has 4 heterocycles. The highest BCUT2D eigenvalue weighted by molar-refractivity contribution is 5.75. The third kappa shape index (κ3) is 3.18. The van der Waals surface area contributed by atoms with E-state index in [0.29, 0.717) is 35.8 Å². The summed E-state index contributed by atoms with van der Waals surface area (Å²) in [6.45, 7) is 2.75. The summed E-state index contributed by atoms with van der Waals surface area (Å²) in [7, 11) is 0. The normalized spacial score (nSPS) is 16.9. The SMILES string of the molecule is CCn1c(CN2C=CNC2c2ncccn2)nc2cnc(C(F)(F)F)cc21. The lowest BCUT2D eigenvalue weighted by Crippen LogP contribution is -2.29. The van der Waals surface area contributed by atoms with Crippen LogP contribution in [-0.2, 0) is 19.3 Å². The molecule has 0 radical (unpaired) electrons. The minimum atomic E-state index is -4.49. The maximum absolute atomic E-state index is 13.0.